The molecule has 0 spiro atoms. The summed E-state index contributed by atoms with van der Waals surface area (Å²) in [5.74, 6) is -0.297. The predicted octanol–water partition coefficient (Wildman–Crippen LogP) is 1.72. The highest BCUT2D eigenvalue weighted by molar-refractivity contribution is 5.94. The molecular weight excluding hydrogens is 266 g/mol. The van der Waals surface area contributed by atoms with Crippen molar-refractivity contribution in [3.05, 3.63) is 33.7 Å². The zero-order chi connectivity index (χ0) is 15.8. The minimum absolute atomic E-state index is 0.0423. The molecule has 0 radical (unpaired) electrons. The van der Waals surface area contributed by atoms with E-state index in [1.54, 1.807) is 6.92 Å². The van der Waals surface area contributed by atoms with E-state index < -0.39 is 0 Å². The zero-order valence-corrected chi connectivity index (χ0v) is 13.5. The molecule has 0 atom stereocenters. The van der Waals surface area contributed by atoms with Crippen molar-refractivity contribution in [2.75, 3.05) is 0 Å². The minimum Gasteiger partial charge on any atom is -0.364 e. The molecule has 3 N–H and O–H groups in total. The van der Waals surface area contributed by atoms with Gasteiger partial charge in [-0.3, -0.25) is 9.59 Å². The van der Waals surface area contributed by atoms with Gasteiger partial charge in [0, 0.05) is 35.1 Å². The van der Waals surface area contributed by atoms with E-state index in [0.29, 0.717) is 0 Å². The number of H-pyrrole nitrogens is 1. The molecule has 2 rings (SSSR count). The van der Waals surface area contributed by atoms with Crippen LogP contribution < -0.4 is 16.1 Å². The van der Waals surface area contributed by atoms with Crippen LogP contribution in [-0.4, -0.2) is 28.0 Å². The van der Waals surface area contributed by atoms with Gasteiger partial charge in [-0.2, -0.15) is 0 Å². The fourth-order valence-corrected chi connectivity index (χ4v) is 3.44. The first-order valence-electron chi connectivity index (χ1n) is 7.38. The van der Waals surface area contributed by atoms with Gasteiger partial charge in [-0.25, -0.2) is 0 Å². The average molecular weight is 291 g/mol. The highest BCUT2D eigenvalue weighted by Gasteiger charge is 2.38. The van der Waals surface area contributed by atoms with Gasteiger partial charge in [0.25, 0.3) is 5.91 Å². The second-order valence-electron chi connectivity index (χ2n) is 7.37. The zero-order valence-electron chi connectivity index (χ0n) is 13.5. The third kappa shape index (κ3) is 3.94. The van der Waals surface area contributed by atoms with Crippen LogP contribution in [0.3, 0.4) is 0 Å². The first-order valence-corrected chi connectivity index (χ1v) is 7.38. The van der Waals surface area contributed by atoms with Gasteiger partial charge in [-0.05, 0) is 47.5 Å². The Morgan fingerprint density at radius 3 is 2.33 bits per heavy atom. The van der Waals surface area contributed by atoms with Crippen LogP contribution in [0.5, 0.6) is 0 Å². The standard InChI is InChI=1S/C16H25N3O2/c1-10-6-13(20)12(9-17-10)14(21)18-11-7-15(2,3)19-16(4,5)8-11/h6,9,11,19H,7-8H2,1-5H3,(H,17,20)(H,18,21). The van der Waals surface area contributed by atoms with Gasteiger partial charge in [0.15, 0.2) is 5.43 Å². The second kappa shape index (κ2) is 5.30. The van der Waals surface area contributed by atoms with Crippen molar-refractivity contribution >= 4 is 5.91 Å². The summed E-state index contributed by atoms with van der Waals surface area (Å²) in [7, 11) is 0. The first kappa shape index (κ1) is 15.8. The molecule has 1 amide bonds. The van der Waals surface area contributed by atoms with Gasteiger partial charge in [0.05, 0.1) is 0 Å². The van der Waals surface area contributed by atoms with E-state index in [-0.39, 0.29) is 34.0 Å². The number of aryl methyl sites for hydroxylation is 1. The van der Waals surface area contributed by atoms with Crippen molar-refractivity contribution in [2.45, 2.75) is 64.6 Å². The van der Waals surface area contributed by atoms with E-state index in [1.807, 2.05) is 0 Å². The van der Waals surface area contributed by atoms with Crippen molar-refractivity contribution < 1.29 is 4.79 Å². The van der Waals surface area contributed by atoms with Crippen LogP contribution in [0.25, 0.3) is 0 Å². The molecule has 1 aliphatic heterocycles. The number of pyridine rings is 1. The molecule has 0 aliphatic carbocycles. The number of amides is 1. The summed E-state index contributed by atoms with van der Waals surface area (Å²) in [6, 6.07) is 1.51. The van der Waals surface area contributed by atoms with Gasteiger partial charge >= 0.3 is 0 Å². The SMILES string of the molecule is Cc1cc(=O)c(C(=O)NC2CC(C)(C)NC(C)(C)C2)c[nH]1. The van der Waals surface area contributed by atoms with E-state index in [4.69, 9.17) is 0 Å². The van der Waals surface area contributed by atoms with Crippen LogP contribution in [0.1, 0.15) is 56.6 Å². The van der Waals surface area contributed by atoms with E-state index in [0.717, 1.165) is 18.5 Å². The molecule has 0 aromatic carbocycles. The molecule has 1 saturated heterocycles. The number of carbonyl (C=O) groups is 1. The smallest absolute Gasteiger partial charge is 0.256 e. The number of hydrogen-bond acceptors (Lipinski definition) is 3. The van der Waals surface area contributed by atoms with Crippen LogP contribution in [0, 0.1) is 6.92 Å². The maximum absolute atomic E-state index is 12.3. The fourth-order valence-electron chi connectivity index (χ4n) is 3.44. The lowest BCUT2D eigenvalue weighted by Gasteiger charge is -2.46. The maximum Gasteiger partial charge on any atom is 0.256 e. The lowest BCUT2D eigenvalue weighted by atomic mass is 9.79. The molecule has 2 heterocycles. The lowest BCUT2D eigenvalue weighted by Crippen LogP contribution is -2.62. The first-order chi connectivity index (χ1) is 9.58. The van der Waals surface area contributed by atoms with Crippen molar-refractivity contribution in [1.82, 2.24) is 15.6 Å². The largest absolute Gasteiger partial charge is 0.364 e. The summed E-state index contributed by atoms with van der Waals surface area (Å²) in [5, 5.41) is 6.58. The van der Waals surface area contributed by atoms with Gasteiger partial charge in [0.1, 0.15) is 5.56 Å². The second-order valence-corrected chi connectivity index (χ2v) is 7.37. The van der Waals surface area contributed by atoms with Crippen molar-refractivity contribution in [3.8, 4) is 0 Å². The number of rotatable bonds is 2. The highest BCUT2D eigenvalue weighted by atomic mass is 16.2. The summed E-state index contributed by atoms with van der Waals surface area (Å²) >= 11 is 0. The van der Waals surface area contributed by atoms with Crippen molar-refractivity contribution in [3.63, 3.8) is 0 Å². The minimum atomic E-state index is -0.297. The predicted molar refractivity (Wildman–Crippen MR) is 83.6 cm³/mol. The normalized spacial score (nSPS) is 21.0. The number of piperidine rings is 1. The number of aromatic amines is 1. The van der Waals surface area contributed by atoms with Gasteiger partial charge in [0.2, 0.25) is 0 Å². The van der Waals surface area contributed by atoms with Crippen LogP contribution in [0.15, 0.2) is 17.1 Å². The Morgan fingerprint density at radius 2 is 1.81 bits per heavy atom. The van der Waals surface area contributed by atoms with Gasteiger partial charge in [-0.1, -0.05) is 0 Å². The van der Waals surface area contributed by atoms with Crippen molar-refractivity contribution in [2.24, 2.45) is 0 Å². The number of nitrogens with one attached hydrogen (secondary N) is 3. The molecular formula is C16H25N3O2. The number of aromatic nitrogens is 1. The van der Waals surface area contributed by atoms with Crippen molar-refractivity contribution in [1.29, 1.82) is 0 Å². The van der Waals surface area contributed by atoms with Gasteiger partial charge < -0.3 is 15.6 Å². The maximum atomic E-state index is 12.3. The van der Waals surface area contributed by atoms with E-state index in [2.05, 4.69) is 43.3 Å². The third-order valence-electron chi connectivity index (χ3n) is 3.83. The molecule has 1 aliphatic rings. The van der Waals surface area contributed by atoms with Crippen LogP contribution in [-0.2, 0) is 0 Å². The average Bonchev–Trinajstić information content (AvgIpc) is 2.23. The van der Waals surface area contributed by atoms with E-state index in [9.17, 15) is 9.59 Å². The monoisotopic (exact) mass is 291 g/mol. The lowest BCUT2D eigenvalue weighted by molar-refractivity contribution is 0.0872. The molecule has 5 nitrogen and oxygen atoms in total. The molecule has 21 heavy (non-hydrogen) atoms. The van der Waals surface area contributed by atoms with Crippen LogP contribution in [0.4, 0.5) is 0 Å². The molecule has 5 heteroatoms. The summed E-state index contributed by atoms with van der Waals surface area (Å²) in [6.45, 7) is 10.3. The van der Waals surface area contributed by atoms with E-state index >= 15 is 0 Å². The number of carbonyl (C=O) groups excluding carboxylic acids is 1. The summed E-state index contributed by atoms with van der Waals surface area (Å²) < 4.78 is 0. The Kier molecular flexibility index (Phi) is 3.97. The van der Waals surface area contributed by atoms with Gasteiger partial charge in [-0.15, -0.1) is 0 Å². The Morgan fingerprint density at radius 1 is 1.24 bits per heavy atom. The Hall–Kier alpha value is -1.62. The fraction of sp³-hybridized carbons (Fsp3) is 0.625. The summed E-state index contributed by atoms with van der Waals surface area (Å²) in [4.78, 5) is 27.1. The Balaban J connectivity index is 2.14. The highest BCUT2D eigenvalue weighted by Crippen LogP contribution is 2.28. The topological polar surface area (TPSA) is 74.0 Å². The van der Waals surface area contributed by atoms with Crippen LogP contribution in [0.2, 0.25) is 0 Å². The Labute approximate surface area is 125 Å². The quantitative estimate of drug-likeness (QED) is 0.777. The van der Waals surface area contributed by atoms with Crippen LogP contribution >= 0.6 is 0 Å². The molecule has 1 aromatic heterocycles. The summed E-state index contributed by atoms with van der Waals surface area (Å²) in [5.41, 5.74) is 0.602. The molecule has 0 saturated carbocycles. The summed E-state index contributed by atoms with van der Waals surface area (Å²) in [6.07, 6.45) is 3.17. The molecule has 116 valence electrons. The third-order valence-corrected chi connectivity index (χ3v) is 3.83. The molecule has 1 aromatic rings. The Bertz CT molecular complexity index is 586. The molecule has 1 fully saturated rings. The van der Waals surface area contributed by atoms with E-state index in [1.165, 1.54) is 12.3 Å². The number of hydrogen-bond donors (Lipinski definition) is 3. The molecule has 0 bridgehead atoms. The molecule has 0 unspecified atom stereocenters.